The second-order valence-corrected chi connectivity index (χ2v) is 11.9. The van der Waals surface area contributed by atoms with E-state index in [0.29, 0.717) is 22.9 Å². The molecule has 0 spiro atoms. The highest BCUT2D eigenvalue weighted by atomic mass is 35.5. The Morgan fingerprint density at radius 3 is 2.35 bits per heavy atom. The summed E-state index contributed by atoms with van der Waals surface area (Å²) in [5, 5.41) is 2.67. The number of sulfonamides is 1. The number of carbonyl (C=O) groups excluding carboxylic acids is 1. The third-order valence-corrected chi connectivity index (χ3v) is 8.91. The Labute approximate surface area is 251 Å². The molecule has 1 amide bonds. The van der Waals surface area contributed by atoms with Crippen LogP contribution in [0.15, 0.2) is 107 Å². The molecule has 6 aromatic rings. The van der Waals surface area contributed by atoms with Gasteiger partial charge in [-0.25, -0.2) is 18.1 Å². The van der Waals surface area contributed by atoms with Crippen LogP contribution in [0, 0.1) is 6.92 Å². The van der Waals surface area contributed by atoms with Gasteiger partial charge in [0.1, 0.15) is 16.4 Å². The van der Waals surface area contributed by atoms with Crippen molar-refractivity contribution in [2.75, 3.05) is 10.0 Å². The first-order valence-electron chi connectivity index (χ1n) is 13.2. The Kier molecular flexibility index (Phi) is 7.12. The molecular formula is C31H25ClN6O4S. The molecule has 0 aliphatic carbocycles. The quantitative estimate of drug-likeness (QED) is 0.212. The number of amides is 1. The molecule has 3 N–H and O–H groups in total. The van der Waals surface area contributed by atoms with Crippen LogP contribution in [0.3, 0.4) is 0 Å². The van der Waals surface area contributed by atoms with Gasteiger partial charge in [-0.2, -0.15) is 0 Å². The Bertz CT molecular complexity index is 2140. The first-order chi connectivity index (χ1) is 20.6. The lowest BCUT2D eigenvalue weighted by atomic mass is 10.1. The number of hydrogen-bond donors (Lipinski definition) is 3. The van der Waals surface area contributed by atoms with E-state index in [9.17, 15) is 18.0 Å². The molecule has 12 heteroatoms. The number of fused-ring (bicyclic) bond motifs is 1. The molecule has 2 heterocycles. The van der Waals surface area contributed by atoms with Gasteiger partial charge in [0.2, 0.25) is 0 Å². The molecule has 216 valence electrons. The fraction of sp³-hybridized carbons (Fsp3) is 0.0645. The van der Waals surface area contributed by atoms with Gasteiger partial charge in [0.05, 0.1) is 27.4 Å². The Hall–Kier alpha value is -5.13. The maximum Gasteiger partial charge on any atom is 0.296 e. The molecule has 0 saturated carbocycles. The number of anilines is 2. The van der Waals surface area contributed by atoms with Crippen LogP contribution in [0.25, 0.3) is 28.1 Å². The molecule has 6 rings (SSSR count). The van der Waals surface area contributed by atoms with Crippen molar-refractivity contribution < 1.29 is 13.2 Å². The zero-order valence-electron chi connectivity index (χ0n) is 23.0. The zero-order valence-corrected chi connectivity index (χ0v) is 24.6. The van der Waals surface area contributed by atoms with Crippen LogP contribution in [0.4, 0.5) is 11.4 Å². The number of carbonyl (C=O) groups is 1. The number of imidazole rings is 1. The van der Waals surface area contributed by atoms with Crippen LogP contribution in [0.2, 0.25) is 5.02 Å². The van der Waals surface area contributed by atoms with Crippen molar-refractivity contribution in [2.24, 2.45) is 7.05 Å². The standard InChI is InChI=1S/C31H25ClN6O4S/c1-19-28(31(40)38(37(19)2)23-8-4-3-5-9-23)36-43(41,42)27-18-21(14-17-24(27)32)30(39)33-22-15-12-20(13-16-22)29-34-25-10-6-7-11-26(25)35-29/h3-18,36H,1-2H3,(H,33,39)(H,34,35). The molecular weight excluding hydrogens is 588 g/mol. The maximum absolute atomic E-state index is 13.5. The molecule has 2 aromatic heterocycles. The highest BCUT2D eigenvalue weighted by Gasteiger charge is 2.25. The summed E-state index contributed by atoms with van der Waals surface area (Å²) in [7, 11) is -2.69. The van der Waals surface area contributed by atoms with E-state index in [1.54, 1.807) is 55.1 Å². The number of para-hydroxylation sites is 3. The van der Waals surface area contributed by atoms with Gasteiger partial charge < -0.3 is 10.3 Å². The van der Waals surface area contributed by atoms with Crippen LogP contribution in [-0.2, 0) is 17.1 Å². The van der Waals surface area contributed by atoms with Crippen molar-refractivity contribution in [3.05, 3.63) is 124 Å². The third kappa shape index (κ3) is 5.31. The van der Waals surface area contributed by atoms with Crippen molar-refractivity contribution >= 4 is 49.9 Å². The van der Waals surface area contributed by atoms with E-state index in [1.165, 1.54) is 22.9 Å². The largest absolute Gasteiger partial charge is 0.338 e. The van der Waals surface area contributed by atoms with E-state index < -0.39 is 21.5 Å². The predicted molar refractivity (Wildman–Crippen MR) is 167 cm³/mol. The molecule has 0 saturated heterocycles. The number of H-pyrrole nitrogens is 1. The Balaban J connectivity index is 1.23. The van der Waals surface area contributed by atoms with Gasteiger partial charge >= 0.3 is 0 Å². The van der Waals surface area contributed by atoms with Gasteiger partial charge in [-0.15, -0.1) is 0 Å². The minimum Gasteiger partial charge on any atom is -0.338 e. The number of aromatic amines is 1. The molecule has 0 bridgehead atoms. The summed E-state index contributed by atoms with van der Waals surface area (Å²) in [5.74, 6) is 0.162. The van der Waals surface area contributed by atoms with E-state index in [-0.39, 0.29) is 21.2 Å². The lowest BCUT2D eigenvalue weighted by Gasteiger charge is -2.11. The minimum absolute atomic E-state index is 0.0672. The Morgan fingerprint density at radius 2 is 1.63 bits per heavy atom. The van der Waals surface area contributed by atoms with Crippen LogP contribution >= 0.6 is 11.6 Å². The zero-order chi connectivity index (χ0) is 30.3. The number of aromatic nitrogens is 4. The molecule has 0 radical (unpaired) electrons. The molecule has 0 fully saturated rings. The number of nitrogens with one attached hydrogen (secondary N) is 3. The van der Waals surface area contributed by atoms with Crippen LogP contribution in [-0.4, -0.2) is 33.7 Å². The van der Waals surface area contributed by atoms with E-state index in [1.807, 2.05) is 42.5 Å². The van der Waals surface area contributed by atoms with Crippen molar-refractivity contribution in [1.82, 2.24) is 19.3 Å². The fourth-order valence-corrected chi connectivity index (χ4v) is 6.37. The van der Waals surface area contributed by atoms with Crippen molar-refractivity contribution in [2.45, 2.75) is 11.8 Å². The first-order valence-corrected chi connectivity index (χ1v) is 15.0. The minimum atomic E-state index is -4.35. The second-order valence-electron chi connectivity index (χ2n) is 9.82. The summed E-state index contributed by atoms with van der Waals surface area (Å²) in [6.45, 7) is 1.63. The molecule has 4 aromatic carbocycles. The van der Waals surface area contributed by atoms with E-state index in [2.05, 4.69) is 20.0 Å². The van der Waals surface area contributed by atoms with E-state index in [0.717, 1.165) is 16.6 Å². The third-order valence-electron chi connectivity index (χ3n) is 7.08. The summed E-state index contributed by atoms with van der Waals surface area (Å²) in [5.41, 5.74) is 3.47. The van der Waals surface area contributed by atoms with Crippen molar-refractivity contribution in [3.63, 3.8) is 0 Å². The number of benzene rings is 4. The van der Waals surface area contributed by atoms with E-state index in [4.69, 9.17) is 11.6 Å². The summed E-state index contributed by atoms with van der Waals surface area (Å²) in [6, 6.07) is 27.6. The van der Waals surface area contributed by atoms with Crippen molar-refractivity contribution in [1.29, 1.82) is 0 Å². The van der Waals surface area contributed by atoms with Gasteiger partial charge in [-0.3, -0.25) is 19.0 Å². The molecule has 0 atom stereocenters. The van der Waals surface area contributed by atoms with Gasteiger partial charge in [-0.1, -0.05) is 41.9 Å². The lowest BCUT2D eigenvalue weighted by molar-refractivity contribution is 0.102. The molecule has 10 nitrogen and oxygen atoms in total. The number of hydrogen-bond acceptors (Lipinski definition) is 5. The summed E-state index contributed by atoms with van der Waals surface area (Å²) < 4.78 is 32.2. The van der Waals surface area contributed by atoms with Crippen LogP contribution in [0.1, 0.15) is 16.1 Å². The van der Waals surface area contributed by atoms with Crippen LogP contribution in [0.5, 0.6) is 0 Å². The SMILES string of the molecule is Cc1c(NS(=O)(=O)c2cc(C(=O)Nc3ccc(-c4nc5ccccc5[nH]4)cc3)ccc2Cl)c(=O)n(-c2ccccc2)n1C. The first kappa shape index (κ1) is 28.0. The Morgan fingerprint density at radius 1 is 0.930 bits per heavy atom. The predicted octanol–water partition coefficient (Wildman–Crippen LogP) is 5.73. The summed E-state index contributed by atoms with van der Waals surface area (Å²) >= 11 is 6.28. The lowest BCUT2D eigenvalue weighted by Crippen LogP contribution is -2.23. The number of halogens is 1. The number of rotatable bonds is 7. The van der Waals surface area contributed by atoms with Gasteiger partial charge in [0, 0.05) is 23.9 Å². The maximum atomic E-state index is 13.5. The van der Waals surface area contributed by atoms with E-state index >= 15 is 0 Å². The number of nitrogens with zero attached hydrogens (tertiary/aromatic N) is 3. The topological polar surface area (TPSA) is 131 Å². The summed E-state index contributed by atoms with van der Waals surface area (Å²) in [4.78, 5) is 33.9. The molecule has 0 aliphatic heterocycles. The van der Waals surface area contributed by atoms with Crippen molar-refractivity contribution in [3.8, 4) is 17.1 Å². The molecule has 0 unspecified atom stereocenters. The average molecular weight is 613 g/mol. The second kappa shape index (κ2) is 10.9. The van der Waals surface area contributed by atoms with Crippen LogP contribution < -0.4 is 15.6 Å². The van der Waals surface area contributed by atoms with Gasteiger partial charge in [0.25, 0.3) is 21.5 Å². The van der Waals surface area contributed by atoms with Gasteiger partial charge in [0.15, 0.2) is 0 Å². The monoisotopic (exact) mass is 612 g/mol. The normalized spacial score (nSPS) is 11.5. The smallest absolute Gasteiger partial charge is 0.296 e. The average Bonchev–Trinajstić information content (AvgIpc) is 3.53. The molecule has 0 aliphatic rings. The summed E-state index contributed by atoms with van der Waals surface area (Å²) in [6.07, 6.45) is 0. The molecule has 43 heavy (non-hydrogen) atoms. The van der Waals surface area contributed by atoms with Gasteiger partial charge in [-0.05, 0) is 73.7 Å². The fourth-order valence-electron chi connectivity index (χ4n) is 4.73. The highest BCUT2D eigenvalue weighted by Crippen LogP contribution is 2.27. The highest BCUT2D eigenvalue weighted by molar-refractivity contribution is 7.92.